The lowest BCUT2D eigenvalue weighted by Crippen LogP contribution is -1.97. The number of hydrogen-bond acceptors (Lipinski definition) is 2. The predicted octanol–water partition coefficient (Wildman–Crippen LogP) is 15.6. The van der Waals surface area contributed by atoms with Crippen LogP contribution in [0.1, 0.15) is 0 Å². The summed E-state index contributed by atoms with van der Waals surface area (Å²) < 4.78 is 0. The zero-order chi connectivity index (χ0) is 40.0. The van der Waals surface area contributed by atoms with E-state index in [1.165, 1.54) is 54.6 Å². The lowest BCUT2D eigenvalue weighted by atomic mass is 9.82. The maximum absolute atomic E-state index is 7.39. The summed E-state index contributed by atoms with van der Waals surface area (Å²) in [7, 11) is 0. The molecule has 0 atom stereocenters. The van der Waals surface area contributed by atoms with E-state index < -0.39 is 0 Å². The molecule has 11 rings (SSSR count). The number of aromatic nitrogens is 2. The van der Waals surface area contributed by atoms with Crippen LogP contribution in [-0.2, 0) is 0 Å². The minimum absolute atomic E-state index is 0.625. The second-order valence-corrected chi connectivity index (χ2v) is 15.1. The molecule has 0 saturated carbocycles. The van der Waals surface area contributed by atoms with E-state index in [-0.39, 0.29) is 0 Å². The van der Waals surface area contributed by atoms with Crippen molar-refractivity contribution in [2.45, 2.75) is 0 Å². The number of hydrogen-bond donors (Lipinski definition) is 0. The summed E-state index contributed by atoms with van der Waals surface area (Å²) >= 11 is 0. The van der Waals surface area contributed by atoms with E-state index in [2.05, 4.69) is 175 Å². The Balaban J connectivity index is 1.15. The molecule has 0 aliphatic rings. The van der Waals surface area contributed by atoms with Crippen LogP contribution >= 0.6 is 0 Å². The molecule has 3 nitrogen and oxygen atoms in total. The van der Waals surface area contributed by atoms with Crippen molar-refractivity contribution in [2.24, 2.45) is 0 Å². The van der Waals surface area contributed by atoms with Gasteiger partial charge in [-0.3, -0.25) is 0 Å². The summed E-state index contributed by atoms with van der Waals surface area (Å²) in [6.07, 6.45) is 0. The Morgan fingerprint density at radius 3 is 1.63 bits per heavy atom. The van der Waals surface area contributed by atoms with Gasteiger partial charge in [0.2, 0.25) is 0 Å². The highest BCUT2D eigenvalue weighted by Gasteiger charge is 2.21. The molecule has 0 spiro atoms. The van der Waals surface area contributed by atoms with Crippen molar-refractivity contribution in [1.82, 2.24) is 9.97 Å². The van der Waals surface area contributed by atoms with Crippen LogP contribution in [0.5, 0.6) is 0 Å². The molecule has 1 aromatic heterocycles. The SMILES string of the molecule is [C-]#[N+]c1ccc(-c2cccc(-c3cc(-c4ccc(-c5c6ccccc6c(-c6ccccc6)c6c5ccc5ccccc56)c5ccccc45)nc(-c4ccccc4)n3)c2)cc1. The van der Waals surface area contributed by atoms with Crippen molar-refractivity contribution in [1.29, 1.82) is 0 Å². The largest absolute Gasteiger partial charge is 0.238 e. The molecule has 10 aromatic carbocycles. The third kappa shape index (κ3) is 5.99. The summed E-state index contributed by atoms with van der Waals surface area (Å²) in [4.78, 5) is 14.1. The normalized spacial score (nSPS) is 11.3. The average Bonchev–Trinajstić information content (AvgIpc) is 3.33. The molecular weight excluding hydrogens is 727 g/mol. The van der Waals surface area contributed by atoms with Gasteiger partial charge in [-0.1, -0.05) is 200 Å². The Bertz CT molecular complexity index is 3470. The van der Waals surface area contributed by atoms with E-state index in [1.807, 2.05) is 42.5 Å². The Hall–Kier alpha value is -8.19. The van der Waals surface area contributed by atoms with Crippen molar-refractivity contribution in [3.05, 3.63) is 224 Å². The van der Waals surface area contributed by atoms with Gasteiger partial charge in [-0.2, -0.15) is 0 Å². The fraction of sp³-hybridized carbons (Fsp3) is 0. The first-order valence-corrected chi connectivity index (χ1v) is 20.2. The minimum atomic E-state index is 0.625. The first-order valence-electron chi connectivity index (χ1n) is 20.2. The standard InChI is InChI=1S/C57H35N3/c1-58-43-30-27-37(28-31-43)41-20-14-21-42(35-41)52-36-53(60-57(59-52)40-18-6-3-7-19-40)47-33-34-50(46-24-11-10-23-45(46)47)55-49-26-13-12-25-48(49)54(39-16-4-2-5-17-39)56-44-22-9-8-15-38(44)29-32-51(55)56/h2-36H. The van der Waals surface area contributed by atoms with Gasteiger partial charge in [0.1, 0.15) is 0 Å². The zero-order valence-corrected chi connectivity index (χ0v) is 32.5. The van der Waals surface area contributed by atoms with Crippen LogP contribution in [0.3, 0.4) is 0 Å². The highest BCUT2D eigenvalue weighted by atomic mass is 14.9. The van der Waals surface area contributed by atoms with Crippen LogP contribution in [0.4, 0.5) is 5.69 Å². The molecule has 11 aromatic rings. The smallest absolute Gasteiger partial charge is 0.187 e. The monoisotopic (exact) mass is 761 g/mol. The van der Waals surface area contributed by atoms with Gasteiger partial charge >= 0.3 is 0 Å². The molecule has 0 aliphatic heterocycles. The molecule has 0 saturated heterocycles. The quantitative estimate of drug-likeness (QED) is 0.0959. The number of benzene rings is 10. The van der Waals surface area contributed by atoms with E-state index in [0.717, 1.165) is 50.0 Å². The molecule has 0 radical (unpaired) electrons. The maximum Gasteiger partial charge on any atom is 0.187 e. The second kappa shape index (κ2) is 14.6. The van der Waals surface area contributed by atoms with Gasteiger partial charge in [-0.25, -0.2) is 14.8 Å². The van der Waals surface area contributed by atoms with E-state index >= 15 is 0 Å². The summed E-state index contributed by atoms with van der Waals surface area (Å²) in [5.74, 6) is 0.670. The Morgan fingerprint density at radius 1 is 0.333 bits per heavy atom. The van der Waals surface area contributed by atoms with Gasteiger partial charge in [0.15, 0.2) is 11.5 Å². The average molecular weight is 762 g/mol. The van der Waals surface area contributed by atoms with Crippen molar-refractivity contribution < 1.29 is 0 Å². The van der Waals surface area contributed by atoms with Gasteiger partial charge in [0.25, 0.3) is 0 Å². The fourth-order valence-electron chi connectivity index (χ4n) is 8.92. The lowest BCUT2D eigenvalue weighted by molar-refractivity contribution is 1.18. The molecule has 0 bridgehead atoms. The Morgan fingerprint density at radius 2 is 0.900 bits per heavy atom. The van der Waals surface area contributed by atoms with E-state index in [1.54, 1.807) is 0 Å². The number of rotatable bonds is 6. The van der Waals surface area contributed by atoms with Crippen LogP contribution < -0.4 is 0 Å². The zero-order valence-electron chi connectivity index (χ0n) is 32.5. The molecule has 0 unspecified atom stereocenters. The van der Waals surface area contributed by atoms with Gasteiger partial charge in [-0.15, -0.1) is 0 Å². The van der Waals surface area contributed by atoms with Gasteiger partial charge in [-0.05, 0) is 88.6 Å². The Kier molecular flexibility index (Phi) is 8.54. The van der Waals surface area contributed by atoms with Crippen molar-refractivity contribution in [3.63, 3.8) is 0 Å². The first kappa shape index (κ1) is 35.0. The van der Waals surface area contributed by atoms with Crippen LogP contribution in [0.25, 0.3) is 115 Å². The number of nitrogens with zero attached hydrogens (tertiary/aromatic N) is 3. The summed E-state index contributed by atoms with van der Waals surface area (Å²) in [5, 5.41) is 9.69. The number of fused-ring (bicyclic) bond motifs is 5. The highest BCUT2D eigenvalue weighted by Crippen LogP contribution is 2.48. The molecule has 0 N–H and O–H groups in total. The molecule has 0 fully saturated rings. The molecule has 60 heavy (non-hydrogen) atoms. The van der Waals surface area contributed by atoms with Crippen LogP contribution in [0.2, 0.25) is 0 Å². The van der Waals surface area contributed by atoms with Crippen molar-refractivity contribution in [2.75, 3.05) is 0 Å². The van der Waals surface area contributed by atoms with Gasteiger partial charge < -0.3 is 0 Å². The van der Waals surface area contributed by atoms with E-state index in [9.17, 15) is 0 Å². The molecule has 0 amide bonds. The Labute approximate surface area is 348 Å². The lowest BCUT2D eigenvalue weighted by Gasteiger charge is -2.21. The van der Waals surface area contributed by atoms with E-state index in [4.69, 9.17) is 16.5 Å². The summed E-state index contributed by atoms with van der Waals surface area (Å²) in [6.45, 7) is 7.39. The van der Waals surface area contributed by atoms with Crippen molar-refractivity contribution in [3.8, 4) is 67.3 Å². The van der Waals surface area contributed by atoms with Crippen LogP contribution in [-0.4, -0.2) is 9.97 Å². The fourth-order valence-corrected chi connectivity index (χ4v) is 8.92. The maximum atomic E-state index is 7.39. The molecule has 1 heterocycles. The third-order valence-electron chi connectivity index (χ3n) is 11.7. The first-order chi connectivity index (χ1) is 29.7. The molecule has 0 aliphatic carbocycles. The van der Waals surface area contributed by atoms with Crippen LogP contribution in [0, 0.1) is 6.57 Å². The van der Waals surface area contributed by atoms with Crippen LogP contribution in [0.15, 0.2) is 212 Å². The van der Waals surface area contributed by atoms with Gasteiger partial charge in [0, 0.05) is 16.7 Å². The second-order valence-electron chi connectivity index (χ2n) is 15.1. The summed E-state index contributed by atoms with van der Waals surface area (Å²) in [6, 6.07) is 74.9. The predicted molar refractivity (Wildman–Crippen MR) is 251 cm³/mol. The minimum Gasteiger partial charge on any atom is -0.238 e. The summed E-state index contributed by atoms with van der Waals surface area (Å²) in [5.41, 5.74) is 12.3. The van der Waals surface area contributed by atoms with Crippen molar-refractivity contribution >= 4 is 48.8 Å². The van der Waals surface area contributed by atoms with E-state index in [0.29, 0.717) is 11.5 Å². The highest BCUT2D eigenvalue weighted by molar-refractivity contribution is 6.29. The third-order valence-corrected chi connectivity index (χ3v) is 11.7. The molecule has 3 heteroatoms. The molecule has 278 valence electrons. The van der Waals surface area contributed by atoms with Gasteiger partial charge in [0.05, 0.1) is 18.0 Å². The topological polar surface area (TPSA) is 30.1 Å². The molecular formula is C57H35N3.